The molecule has 22 heavy (non-hydrogen) atoms. The number of nitrogens with zero attached hydrogens (tertiary/aromatic N) is 1. The van der Waals surface area contributed by atoms with Gasteiger partial charge in [-0.15, -0.1) is 0 Å². The molecule has 1 atom stereocenters. The van der Waals surface area contributed by atoms with Crippen LogP contribution in [0.5, 0.6) is 0 Å². The van der Waals surface area contributed by atoms with Gasteiger partial charge < -0.3 is 15.3 Å². The molecule has 0 bridgehead atoms. The van der Waals surface area contributed by atoms with E-state index in [9.17, 15) is 4.79 Å². The van der Waals surface area contributed by atoms with E-state index in [4.69, 9.17) is 5.11 Å². The number of benzene rings is 1. The molecular weight excluding hydrogens is 276 g/mol. The lowest BCUT2D eigenvalue weighted by Crippen LogP contribution is -2.46. The van der Waals surface area contributed by atoms with Gasteiger partial charge in [-0.05, 0) is 43.2 Å². The van der Waals surface area contributed by atoms with E-state index in [-0.39, 0.29) is 24.7 Å². The third kappa shape index (κ3) is 3.80. The first-order valence-electron chi connectivity index (χ1n) is 8.47. The van der Waals surface area contributed by atoms with Gasteiger partial charge in [0.15, 0.2) is 0 Å². The van der Waals surface area contributed by atoms with Crippen molar-refractivity contribution in [2.75, 3.05) is 13.2 Å². The predicted octanol–water partition coefficient (Wildman–Crippen LogP) is 3.26. The number of carbonyl (C=O) groups is 1. The van der Waals surface area contributed by atoms with Crippen molar-refractivity contribution < 1.29 is 9.90 Å². The minimum atomic E-state index is 0.00357. The molecule has 122 valence electrons. The smallest absolute Gasteiger partial charge is 0.318 e. The highest BCUT2D eigenvalue weighted by Gasteiger charge is 2.30. The Morgan fingerprint density at radius 1 is 1.36 bits per heavy atom. The lowest BCUT2D eigenvalue weighted by atomic mass is 10.1. The van der Waals surface area contributed by atoms with Gasteiger partial charge in [-0.1, -0.05) is 38.1 Å². The first kappa shape index (κ1) is 16.8. The summed E-state index contributed by atoms with van der Waals surface area (Å²) in [4.78, 5) is 14.6. The second kappa shape index (κ2) is 8.18. The van der Waals surface area contributed by atoms with Crippen LogP contribution >= 0.6 is 0 Å². The highest BCUT2D eigenvalue weighted by atomic mass is 16.3. The molecular formula is C18H28N2O2. The van der Waals surface area contributed by atoms with E-state index in [1.165, 1.54) is 11.1 Å². The van der Waals surface area contributed by atoms with Crippen molar-refractivity contribution in [2.24, 2.45) is 0 Å². The van der Waals surface area contributed by atoms with Crippen LogP contribution in [0.15, 0.2) is 24.3 Å². The number of carbonyl (C=O) groups excluding carboxylic acids is 1. The van der Waals surface area contributed by atoms with Crippen LogP contribution in [0.2, 0.25) is 0 Å². The Kier molecular flexibility index (Phi) is 6.25. The van der Waals surface area contributed by atoms with Crippen LogP contribution < -0.4 is 5.32 Å². The summed E-state index contributed by atoms with van der Waals surface area (Å²) in [6.45, 7) is 4.90. The Hall–Kier alpha value is -1.55. The summed E-state index contributed by atoms with van der Waals surface area (Å²) in [6.07, 6.45) is 4.50. The number of urea groups is 1. The minimum Gasteiger partial charge on any atom is -0.396 e. The first-order chi connectivity index (χ1) is 10.7. The Labute approximate surface area is 133 Å². The Balaban J connectivity index is 2.14. The minimum absolute atomic E-state index is 0.00357. The fourth-order valence-electron chi connectivity index (χ4n) is 3.25. The topological polar surface area (TPSA) is 52.6 Å². The molecule has 1 aliphatic rings. The molecule has 1 aromatic rings. The summed E-state index contributed by atoms with van der Waals surface area (Å²) in [5.41, 5.74) is 2.61. The molecule has 2 N–H and O–H groups in total. The zero-order chi connectivity index (χ0) is 15.9. The SMILES string of the molecule is CCC(CC)NC(=O)N(CCCO)C1CCc2ccccc21. The summed E-state index contributed by atoms with van der Waals surface area (Å²) >= 11 is 0. The summed E-state index contributed by atoms with van der Waals surface area (Å²) in [6, 6.07) is 8.74. The van der Waals surface area contributed by atoms with Gasteiger partial charge in [0.05, 0.1) is 6.04 Å². The fraction of sp³-hybridized carbons (Fsp3) is 0.611. The van der Waals surface area contributed by atoms with E-state index in [2.05, 4.69) is 37.4 Å². The van der Waals surface area contributed by atoms with Crippen molar-refractivity contribution in [2.45, 2.75) is 58.0 Å². The van der Waals surface area contributed by atoms with Crippen molar-refractivity contribution in [1.82, 2.24) is 10.2 Å². The van der Waals surface area contributed by atoms with Crippen LogP contribution in [0.1, 0.15) is 56.7 Å². The van der Waals surface area contributed by atoms with Crippen molar-refractivity contribution >= 4 is 6.03 Å². The number of fused-ring (bicyclic) bond motifs is 1. The van der Waals surface area contributed by atoms with Crippen LogP contribution in [0.4, 0.5) is 4.79 Å². The molecule has 1 aromatic carbocycles. The molecule has 4 heteroatoms. The molecule has 0 fully saturated rings. The standard InChI is InChI=1S/C18H28N2O2/c1-3-15(4-2)19-18(22)20(12-7-13-21)17-11-10-14-8-5-6-9-16(14)17/h5-6,8-9,15,17,21H,3-4,7,10-13H2,1-2H3,(H,19,22). The fourth-order valence-corrected chi connectivity index (χ4v) is 3.25. The summed E-state index contributed by atoms with van der Waals surface area (Å²) < 4.78 is 0. The maximum atomic E-state index is 12.7. The lowest BCUT2D eigenvalue weighted by molar-refractivity contribution is 0.161. The van der Waals surface area contributed by atoms with Gasteiger partial charge in [0.2, 0.25) is 0 Å². The van der Waals surface area contributed by atoms with Crippen LogP contribution in [0, 0.1) is 0 Å². The summed E-state index contributed by atoms with van der Waals surface area (Å²) in [5, 5.41) is 12.3. The average molecular weight is 304 g/mol. The van der Waals surface area contributed by atoms with Gasteiger partial charge in [-0.2, -0.15) is 0 Å². The molecule has 0 radical (unpaired) electrons. The van der Waals surface area contributed by atoms with Crippen molar-refractivity contribution in [3.8, 4) is 0 Å². The number of aryl methyl sites for hydroxylation is 1. The quantitative estimate of drug-likeness (QED) is 0.812. The summed E-state index contributed by atoms with van der Waals surface area (Å²) in [7, 11) is 0. The van der Waals surface area contributed by atoms with Gasteiger partial charge in [-0.3, -0.25) is 0 Å². The molecule has 0 spiro atoms. The zero-order valence-electron chi connectivity index (χ0n) is 13.7. The third-order valence-corrected chi connectivity index (χ3v) is 4.61. The van der Waals surface area contributed by atoms with Crippen molar-refractivity contribution in [1.29, 1.82) is 0 Å². The van der Waals surface area contributed by atoms with Gasteiger partial charge in [-0.25, -0.2) is 4.79 Å². The zero-order valence-corrected chi connectivity index (χ0v) is 13.7. The maximum Gasteiger partial charge on any atom is 0.318 e. The third-order valence-electron chi connectivity index (χ3n) is 4.61. The van der Waals surface area contributed by atoms with Crippen LogP contribution in [-0.2, 0) is 6.42 Å². The maximum absolute atomic E-state index is 12.7. The van der Waals surface area contributed by atoms with Gasteiger partial charge >= 0.3 is 6.03 Å². The number of aliphatic hydroxyl groups excluding tert-OH is 1. The second-order valence-electron chi connectivity index (χ2n) is 5.99. The molecule has 1 aliphatic carbocycles. The highest BCUT2D eigenvalue weighted by molar-refractivity contribution is 5.75. The number of hydrogen-bond donors (Lipinski definition) is 2. The van der Waals surface area contributed by atoms with Crippen molar-refractivity contribution in [3.05, 3.63) is 35.4 Å². The summed E-state index contributed by atoms with van der Waals surface area (Å²) in [5.74, 6) is 0. The van der Waals surface area contributed by atoms with E-state index in [1.807, 2.05) is 11.0 Å². The number of rotatable bonds is 7. The normalized spacial score (nSPS) is 16.6. The molecule has 2 amide bonds. The van der Waals surface area contributed by atoms with Crippen LogP contribution in [0.25, 0.3) is 0 Å². The first-order valence-corrected chi connectivity index (χ1v) is 8.47. The second-order valence-corrected chi connectivity index (χ2v) is 5.99. The molecule has 0 heterocycles. The van der Waals surface area contributed by atoms with Gasteiger partial charge in [0, 0.05) is 19.2 Å². The van der Waals surface area contributed by atoms with Crippen LogP contribution in [-0.4, -0.2) is 35.2 Å². The van der Waals surface area contributed by atoms with Gasteiger partial charge in [0.25, 0.3) is 0 Å². The molecule has 2 rings (SSSR count). The molecule has 4 nitrogen and oxygen atoms in total. The van der Waals surface area contributed by atoms with E-state index in [0.29, 0.717) is 13.0 Å². The monoisotopic (exact) mass is 304 g/mol. The molecule has 0 saturated carbocycles. The Morgan fingerprint density at radius 3 is 2.77 bits per heavy atom. The predicted molar refractivity (Wildman–Crippen MR) is 88.8 cm³/mol. The van der Waals surface area contributed by atoms with E-state index in [1.54, 1.807) is 0 Å². The molecule has 0 aromatic heterocycles. The largest absolute Gasteiger partial charge is 0.396 e. The lowest BCUT2D eigenvalue weighted by Gasteiger charge is -2.31. The Bertz CT molecular complexity index is 486. The van der Waals surface area contributed by atoms with Gasteiger partial charge in [0.1, 0.15) is 0 Å². The number of amides is 2. The highest BCUT2D eigenvalue weighted by Crippen LogP contribution is 2.35. The average Bonchev–Trinajstić information content (AvgIpc) is 2.97. The number of hydrogen-bond acceptors (Lipinski definition) is 2. The van der Waals surface area contributed by atoms with E-state index in [0.717, 1.165) is 25.7 Å². The van der Waals surface area contributed by atoms with E-state index >= 15 is 0 Å². The van der Waals surface area contributed by atoms with Crippen molar-refractivity contribution in [3.63, 3.8) is 0 Å². The number of aliphatic hydroxyl groups is 1. The Morgan fingerprint density at radius 2 is 2.09 bits per heavy atom. The number of nitrogens with one attached hydrogen (secondary N) is 1. The molecule has 0 saturated heterocycles. The molecule has 0 aliphatic heterocycles. The van der Waals surface area contributed by atoms with E-state index < -0.39 is 0 Å². The van der Waals surface area contributed by atoms with Crippen LogP contribution in [0.3, 0.4) is 0 Å². The molecule has 1 unspecified atom stereocenters.